The van der Waals surface area contributed by atoms with Crippen molar-refractivity contribution < 1.29 is 14.3 Å². The summed E-state index contributed by atoms with van der Waals surface area (Å²) in [6, 6.07) is 9.66. The first-order valence-corrected chi connectivity index (χ1v) is 6.67. The van der Waals surface area contributed by atoms with Crippen molar-refractivity contribution in [3.8, 4) is 0 Å². The lowest BCUT2D eigenvalue weighted by atomic mass is 10.0. The van der Waals surface area contributed by atoms with Crippen LogP contribution in [0.1, 0.15) is 25.8 Å². The van der Waals surface area contributed by atoms with Gasteiger partial charge in [0, 0.05) is 5.92 Å². The summed E-state index contributed by atoms with van der Waals surface area (Å²) < 4.78 is 5.03. The van der Waals surface area contributed by atoms with Crippen molar-refractivity contribution in [3.63, 3.8) is 0 Å². The number of cyclic esters (lactones) is 1. The van der Waals surface area contributed by atoms with Gasteiger partial charge in [-0.2, -0.15) is 0 Å². The molecule has 0 bridgehead atoms. The Bertz CT molecular complexity index is 458. The molecule has 0 radical (unpaired) electrons. The molecule has 1 aromatic carbocycles. The van der Waals surface area contributed by atoms with Gasteiger partial charge in [-0.3, -0.25) is 4.79 Å². The third-order valence-corrected chi connectivity index (χ3v) is 3.55. The average Bonchev–Trinajstić information content (AvgIpc) is 2.79. The summed E-state index contributed by atoms with van der Waals surface area (Å²) in [7, 11) is 0. The van der Waals surface area contributed by atoms with Gasteiger partial charge in [-0.15, -0.1) is 0 Å². The second-order valence-electron chi connectivity index (χ2n) is 4.94. The predicted octanol–water partition coefficient (Wildman–Crippen LogP) is 2.62. The lowest BCUT2D eigenvalue weighted by molar-refractivity contribution is -0.132. The van der Waals surface area contributed by atoms with Crippen molar-refractivity contribution in [2.75, 3.05) is 6.61 Å². The van der Waals surface area contributed by atoms with Crippen LogP contribution in [0.2, 0.25) is 0 Å². The molecule has 4 heteroatoms. The molecular weight excluding hydrogens is 242 g/mol. The lowest BCUT2D eigenvalue weighted by Gasteiger charge is -2.22. The first-order chi connectivity index (χ1) is 9.13. The number of rotatable bonds is 4. The molecule has 1 aliphatic heterocycles. The Balaban J connectivity index is 2.11. The zero-order valence-electron chi connectivity index (χ0n) is 11.3. The summed E-state index contributed by atoms with van der Waals surface area (Å²) in [6.07, 6.45) is 0.862. The molecule has 0 aromatic heterocycles. The smallest absolute Gasteiger partial charge is 0.416 e. The van der Waals surface area contributed by atoms with Crippen LogP contribution in [-0.2, 0) is 16.0 Å². The third kappa shape index (κ3) is 2.95. The number of hydrogen-bond donors (Lipinski definition) is 0. The molecule has 0 unspecified atom stereocenters. The van der Waals surface area contributed by atoms with Crippen molar-refractivity contribution in [3.05, 3.63) is 35.9 Å². The number of hydrogen-bond acceptors (Lipinski definition) is 3. The summed E-state index contributed by atoms with van der Waals surface area (Å²) in [5.74, 6) is -0.283. The molecule has 2 amide bonds. The standard InChI is InChI=1S/C15H19NO3/c1-3-11(2)14(17)16-13(10-19-15(16)18)9-12-7-5-4-6-8-12/h4-8,11,13H,3,9-10H2,1-2H3/t11-,13+/m0/s1. The van der Waals surface area contributed by atoms with Gasteiger partial charge in [0.25, 0.3) is 0 Å². The van der Waals surface area contributed by atoms with Crippen molar-refractivity contribution in [2.45, 2.75) is 32.7 Å². The topological polar surface area (TPSA) is 46.6 Å². The summed E-state index contributed by atoms with van der Waals surface area (Å²) in [5.41, 5.74) is 1.10. The summed E-state index contributed by atoms with van der Waals surface area (Å²) >= 11 is 0. The maximum Gasteiger partial charge on any atom is 0.416 e. The highest BCUT2D eigenvalue weighted by atomic mass is 16.6. The fourth-order valence-electron chi connectivity index (χ4n) is 2.18. The molecule has 102 valence electrons. The van der Waals surface area contributed by atoms with Gasteiger partial charge in [-0.1, -0.05) is 44.2 Å². The molecule has 19 heavy (non-hydrogen) atoms. The van der Waals surface area contributed by atoms with Gasteiger partial charge in [0.15, 0.2) is 0 Å². The van der Waals surface area contributed by atoms with Gasteiger partial charge >= 0.3 is 6.09 Å². The van der Waals surface area contributed by atoms with Gasteiger partial charge in [0.2, 0.25) is 5.91 Å². The average molecular weight is 261 g/mol. The quantitative estimate of drug-likeness (QED) is 0.837. The maximum absolute atomic E-state index is 12.2. The van der Waals surface area contributed by atoms with E-state index >= 15 is 0 Å². The van der Waals surface area contributed by atoms with E-state index in [-0.39, 0.29) is 24.5 Å². The summed E-state index contributed by atoms with van der Waals surface area (Å²) in [4.78, 5) is 25.2. The van der Waals surface area contributed by atoms with Crippen molar-refractivity contribution in [2.24, 2.45) is 5.92 Å². The van der Waals surface area contributed by atoms with Crippen LogP contribution in [0.4, 0.5) is 4.79 Å². The number of benzene rings is 1. The van der Waals surface area contributed by atoms with E-state index in [0.717, 1.165) is 12.0 Å². The molecule has 0 spiro atoms. The monoisotopic (exact) mass is 261 g/mol. The fraction of sp³-hybridized carbons (Fsp3) is 0.467. The van der Waals surface area contributed by atoms with E-state index in [1.54, 1.807) is 0 Å². The second-order valence-corrected chi connectivity index (χ2v) is 4.94. The minimum atomic E-state index is -0.508. The first kappa shape index (κ1) is 13.6. The van der Waals surface area contributed by atoms with Crippen LogP contribution in [0.3, 0.4) is 0 Å². The first-order valence-electron chi connectivity index (χ1n) is 6.67. The molecule has 1 saturated heterocycles. The summed E-state index contributed by atoms with van der Waals surface area (Å²) in [5, 5.41) is 0. The van der Waals surface area contributed by atoms with E-state index in [2.05, 4.69) is 0 Å². The normalized spacial score (nSPS) is 20.2. The van der Waals surface area contributed by atoms with E-state index in [9.17, 15) is 9.59 Å². The number of nitrogens with zero attached hydrogens (tertiary/aromatic N) is 1. The number of carbonyl (C=O) groups excluding carboxylic acids is 2. The largest absolute Gasteiger partial charge is 0.447 e. The number of ether oxygens (including phenoxy) is 1. The molecular formula is C15H19NO3. The van der Waals surface area contributed by atoms with Crippen LogP contribution in [-0.4, -0.2) is 29.5 Å². The van der Waals surface area contributed by atoms with Gasteiger partial charge in [0.1, 0.15) is 6.61 Å². The SMILES string of the molecule is CC[C@H](C)C(=O)N1C(=O)OC[C@H]1Cc1ccccc1. The molecule has 2 atom stereocenters. The molecule has 1 heterocycles. The van der Waals surface area contributed by atoms with Crippen LogP contribution in [0.15, 0.2) is 30.3 Å². The minimum Gasteiger partial charge on any atom is -0.447 e. The fourth-order valence-corrected chi connectivity index (χ4v) is 2.18. The molecule has 4 nitrogen and oxygen atoms in total. The van der Waals surface area contributed by atoms with Crippen LogP contribution in [0.25, 0.3) is 0 Å². The highest BCUT2D eigenvalue weighted by Gasteiger charge is 2.39. The second kappa shape index (κ2) is 5.87. The Hall–Kier alpha value is -1.84. The predicted molar refractivity (Wildman–Crippen MR) is 71.6 cm³/mol. The summed E-state index contributed by atoms with van der Waals surface area (Å²) in [6.45, 7) is 4.07. The van der Waals surface area contributed by atoms with Crippen molar-refractivity contribution >= 4 is 12.0 Å². The zero-order valence-corrected chi connectivity index (χ0v) is 11.3. The van der Waals surface area contributed by atoms with Gasteiger partial charge < -0.3 is 4.74 Å². The van der Waals surface area contributed by atoms with Crippen molar-refractivity contribution in [1.82, 2.24) is 4.90 Å². The van der Waals surface area contributed by atoms with Gasteiger partial charge in [-0.25, -0.2) is 9.69 Å². The molecule has 0 saturated carbocycles. The molecule has 0 aliphatic carbocycles. The Kier molecular flexibility index (Phi) is 4.20. The van der Waals surface area contributed by atoms with E-state index in [1.165, 1.54) is 4.90 Å². The Labute approximate surface area is 113 Å². The molecule has 1 fully saturated rings. The molecule has 1 aromatic rings. The van der Waals surface area contributed by atoms with Crippen LogP contribution >= 0.6 is 0 Å². The Morgan fingerprint density at radius 2 is 2.11 bits per heavy atom. The maximum atomic E-state index is 12.2. The number of carbonyl (C=O) groups is 2. The number of imide groups is 1. The third-order valence-electron chi connectivity index (χ3n) is 3.55. The molecule has 0 N–H and O–H groups in total. The van der Waals surface area contributed by atoms with Crippen LogP contribution in [0.5, 0.6) is 0 Å². The van der Waals surface area contributed by atoms with Gasteiger partial charge in [-0.05, 0) is 18.4 Å². The highest BCUT2D eigenvalue weighted by molar-refractivity contribution is 5.94. The minimum absolute atomic E-state index is 0.133. The zero-order chi connectivity index (χ0) is 13.8. The Morgan fingerprint density at radius 1 is 1.42 bits per heavy atom. The Morgan fingerprint density at radius 3 is 2.74 bits per heavy atom. The van der Waals surface area contributed by atoms with E-state index in [0.29, 0.717) is 6.42 Å². The lowest BCUT2D eigenvalue weighted by Crippen LogP contribution is -2.42. The van der Waals surface area contributed by atoms with E-state index in [1.807, 2.05) is 44.2 Å². The molecule has 1 aliphatic rings. The van der Waals surface area contributed by atoms with Gasteiger partial charge in [0.05, 0.1) is 6.04 Å². The van der Waals surface area contributed by atoms with E-state index < -0.39 is 6.09 Å². The van der Waals surface area contributed by atoms with E-state index in [4.69, 9.17) is 4.74 Å². The molecule has 2 rings (SSSR count). The van der Waals surface area contributed by atoms with Crippen molar-refractivity contribution in [1.29, 1.82) is 0 Å². The van der Waals surface area contributed by atoms with Crippen LogP contribution < -0.4 is 0 Å². The highest BCUT2D eigenvalue weighted by Crippen LogP contribution is 2.20. The number of amides is 2. The van der Waals surface area contributed by atoms with Crippen LogP contribution in [0, 0.1) is 5.92 Å².